The second kappa shape index (κ2) is 9.05. The van der Waals surface area contributed by atoms with Crippen molar-refractivity contribution in [2.75, 3.05) is 27.4 Å². The van der Waals surface area contributed by atoms with Crippen LogP contribution in [0.5, 0.6) is 5.75 Å². The van der Waals surface area contributed by atoms with Crippen molar-refractivity contribution in [3.05, 3.63) is 51.7 Å². The van der Waals surface area contributed by atoms with Crippen molar-refractivity contribution in [1.82, 2.24) is 10.2 Å². The normalized spacial score (nSPS) is 16.0. The maximum atomic E-state index is 12.9. The van der Waals surface area contributed by atoms with Crippen LogP contribution in [-0.2, 0) is 17.7 Å². The zero-order valence-corrected chi connectivity index (χ0v) is 16.2. The van der Waals surface area contributed by atoms with Gasteiger partial charge in [-0.1, -0.05) is 6.07 Å². The monoisotopic (exact) mass is 374 g/mol. The summed E-state index contributed by atoms with van der Waals surface area (Å²) >= 11 is 1.65. The maximum Gasteiger partial charge on any atom is 0.318 e. The summed E-state index contributed by atoms with van der Waals surface area (Å²) in [5, 5.41) is 7.34. The topological polar surface area (TPSA) is 50.8 Å². The number of hydrogen-bond acceptors (Lipinski definition) is 4. The fraction of sp³-hybridized carbons (Fsp3) is 0.450. The lowest BCUT2D eigenvalue weighted by Gasteiger charge is -2.30. The first-order chi connectivity index (χ1) is 12.7. The number of fused-ring (bicyclic) bond motifs is 1. The third kappa shape index (κ3) is 4.56. The van der Waals surface area contributed by atoms with Crippen LogP contribution in [0.2, 0.25) is 0 Å². The lowest BCUT2D eigenvalue weighted by atomic mass is 9.87. The van der Waals surface area contributed by atoms with E-state index < -0.39 is 0 Å². The van der Waals surface area contributed by atoms with Crippen LogP contribution in [0.15, 0.2) is 35.0 Å². The van der Waals surface area contributed by atoms with Gasteiger partial charge in [0.15, 0.2) is 0 Å². The zero-order chi connectivity index (χ0) is 18.4. The summed E-state index contributed by atoms with van der Waals surface area (Å²) in [7, 11) is 3.34. The molecule has 2 aromatic rings. The molecule has 1 aliphatic rings. The Kier molecular flexibility index (Phi) is 6.52. The van der Waals surface area contributed by atoms with Gasteiger partial charge in [0.1, 0.15) is 5.75 Å². The molecule has 2 amide bonds. The molecule has 0 radical (unpaired) electrons. The highest BCUT2D eigenvalue weighted by Crippen LogP contribution is 2.32. The number of urea groups is 1. The van der Waals surface area contributed by atoms with E-state index in [0.717, 1.165) is 30.6 Å². The Balaban J connectivity index is 1.71. The lowest BCUT2D eigenvalue weighted by Crippen LogP contribution is -2.43. The summed E-state index contributed by atoms with van der Waals surface area (Å²) in [6.07, 6.45) is 3.05. The van der Waals surface area contributed by atoms with Crippen molar-refractivity contribution < 1.29 is 14.3 Å². The Labute approximate surface area is 158 Å². The number of methoxy groups -OCH3 is 2. The molecule has 0 aliphatic heterocycles. The number of hydrogen-bond donors (Lipinski definition) is 1. The molecule has 0 unspecified atom stereocenters. The van der Waals surface area contributed by atoms with Crippen LogP contribution in [0.1, 0.15) is 35.6 Å². The summed E-state index contributed by atoms with van der Waals surface area (Å²) in [5.41, 5.74) is 3.62. The van der Waals surface area contributed by atoms with E-state index in [4.69, 9.17) is 9.47 Å². The predicted molar refractivity (Wildman–Crippen MR) is 104 cm³/mol. The Morgan fingerprint density at radius 2 is 2.23 bits per heavy atom. The number of carbonyl (C=O) groups is 1. The highest BCUT2D eigenvalue weighted by atomic mass is 32.1. The number of rotatable bonds is 7. The molecular formula is C20H26N2O3S. The van der Waals surface area contributed by atoms with Crippen molar-refractivity contribution in [1.29, 1.82) is 0 Å². The molecule has 1 heterocycles. The van der Waals surface area contributed by atoms with E-state index >= 15 is 0 Å². The van der Waals surface area contributed by atoms with Gasteiger partial charge in [-0.15, -0.1) is 0 Å². The quantitative estimate of drug-likeness (QED) is 0.797. The Hall–Kier alpha value is -2.05. The molecule has 0 saturated heterocycles. The average molecular weight is 375 g/mol. The minimum atomic E-state index is -0.0399. The number of thiophene rings is 1. The Morgan fingerprint density at radius 3 is 2.96 bits per heavy atom. The van der Waals surface area contributed by atoms with E-state index in [2.05, 4.69) is 28.9 Å². The maximum absolute atomic E-state index is 12.9. The molecule has 1 aromatic carbocycles. The first-order valence-corrected chi connectivity index (χ1v) is 9.88. The van der Waals surface area contributed by atoms with Gasteiger partial charge in [-0.25, -0.2) is 4.79 Å². The molecule has 3 rings (SSSR count). The van der Waals surface area contributed by atoms with Crippen LogP contribution >= 0.6 is 11.3 Å². The lowest BCUT2D eigenvalue weighted by molar-refractivity contribution is 0.144. The molecule has 6 heteroatoms. The second-order valence-electron chi connectivity index (χ2n) is 6.51. The van der Waals surface area contributed by atoms with Crippen LogP contribution in [0, 0.1) is 0 Å². The standard InChI is InChI=1S/C20H26N2O3S/c1-24-10-9-22(13-15-8-11-26-14-15)20(23)21-19-5-3-4-16-12-17(25-2)6-7-18(16)19/h6-8,11-12,14,19H,3-5,9-10,13H2,1-2H3,(H,21,23)/t19-/m1/s1. The van der Waals surface area contributed by atoms with Crippen LogP contribution in [0.4, 0.5) is 4.79 Å². The van der Waals surface area contributed by atoms with Crippen LogP contribution in [0.3, 0.4) is 0 Å². The first kappa shape index (κ1) is 18.7. The number of ether oxygens (including phenoxy) is 2. The molecule has 5 nitrogen and oxygen atoms in total. The fourth-order valence-electron chi connectivity index (χ4n) is 3.36. The van der Waals surface area contributed by atoms with E-state index in [9.17, 15) is 4.79 Å². The molecule has 0 saturated carbocycles. The summed E-state index contributed by atoms with van der Waals surface area (Å²) < 4.78 is 10.5. The molecule has 1 aromatic heterocycles. The summed E-state index contributed by atoms with van der Waals surface area (Å²) in [5.74, 6) is 0.870. The van der Waals surface area contributed by atoms with Crippen molar-refractivity contribution in [3.8, 4) is 5.75 Å². The van der Waals surface area contributed by atoms with Gasteiger partial charge in [0.2, 0.25) is 0 Å². The SMILES string of the molecule is COCCN(Cc1ccsc1)C(=O)N[C@@H]1CCCc2cc(OC)ccc21. The first-order valence-electron chi connectivity index (χ1n) is 8.93. The average Bonchev–Trinajstić information content (AvgIpc) is 3.18. The number of carbonyl (C=O) groups excluding carboxylic acids is 1. The van der Waals surface area contributed by atoms with Crippen LogP contribution in [-0.4, -0.2) is 38.3 Å². The molecular weight excluding hydrogens is 348 g/mol. The Morgan fingerprint density at radius 1 is 1.35 bits per heavy atom. The number of nitrogens with zero attached hydrogens (tertiary/aromatic N) is 1. The largest absolute Gasteiger partial charge is 0.497 e. The number of amides is 2. The molecule has 1 atom stereocenters. The van der Waals surface area contributed by atoms with Crippen molar-refractivity contribution in [2.45, 2.75) is 31.8 Å². The van der Waals surface area contributed by atoms with Crippen molar-refractivity contribution in [2.24, 2.45) is 0 Å². The predicted octanol–water partition coefficient (Wildman–Crippen LogP) is 3.99. The fourth-order valence-corrected chi connectivity index (χ4v) is 4.02. The van der Waals surface area contributed by atoms with Gasteiger partial charge >= 0.3 is 6.03 Å². The molecule has 26 heavy (non-hydrogen) atoms. The van der Waals surface area contributed by atoms with E-state index in [-0.39, 0.29) is 12.1 Å². The summed E-state index contributed by atoms with van der Waals surface area (Å²) in [6.45, 7) is 1.69. The molecule has 0 spiro atoms. The number of nitrogens with one attached hydrogen (secondary N) is 1. The molecule has 1 aliphatic carbocycles. The molecule has 0 fully saturated rings. The summed E-state index contributed by atoms with van der Waals surface area (Å²) in [6, 6.07) is 8.20. The zero-order valence-electron chi connectivity index (χ0n) is 15.4. The van der Waals surface area contributed by atoms with Crippen LogP contribution in [0.25, 0.3) is 0 Å². The third-order valence-electron chi connectivity index (χ3n) is 4.77. The van der Waals surface area contributed by atoms with Crippen molar-refractivity contribution in [3.63, 3.8) is 0 Å². The van der Waals surface area contributed by atoms with Gasteiger partial charge in [0.25, 0.3) is 0 Å². The third-order valence-corrected chi connectivity index (χ3v) is 5.50. The number of benzene rings is 1. The van der Waals surface area contributed by atoms with E-state index in [1.165, 1.54) is 11.1 Å². The summed E-state index contributed by atoms with van der Waals surface area (Å²) in [4.78, 5) is 14.7. The molecule has 0 bridgehead atoms. The highest BCUT2D eigenvalue weighted by molar-refractivity contribution is 7.07. The van der Waals surface area contributed by atoms with Crippen molar-refractivity contribution >= 4 is 17.4 Å². The minimum absolute atomic E-state index is 0.0399. The van der Waals surface area contributed by atoms with Gasteiger partial charge in [-0.3, -0.25) is 0 Å². The number of aryl methyl sites for hydroxylation is 1. The van der Waals surface area contributed by atoms with Crippen LogP contribution < -0.4 is 10.1 Å². The van der Waals surface area contributed by atoms with Gasteiger partial charge < -0.3 is 19.7 Å². The minimum Gasteiger partial charge on any atom is -0.497 e. The molecule has 1 N–H and O–H groups in total. The highest BCUT2D eigenvalue weighted by Gasteiger charge is 2.24. The van der Waals surface area contributed by atoms with Gasteiger partial charge in [-0.2, -0.15) is 11.3 Å². The van der Waals surface area contributed by atoms with Gasteiger partial charge in [-0.05, 0) is 64.9 Å². The smallest absolute Gasteiger partial charge is 0.318 e. The second-order valence-corrected chi connectivity index (χ2v) is 7.29. The Bertz CT molecular complexity index is 718. The van der Waals surface area contributed by atoms with E-state index in [1.807, 2.05) is 16.3 Å². The molecule has 140 valence electrons. The van der Waals surface area contributed by atoms with Gasteiger partial charge in [0, 0.05) is 20.2 Å². The van der Waals surface area contributed by atoms with Gasteiger partial charge in [0.05, 0.1) is 19.8 Å². The van der Waals surface area contributed by atoms with E-state index in [0.29, 0.717) is 19.7 Å². The van der Waals surface area contributed by atoms with E-state index in [1.54, 1.807) is 25.6 Å².